The largest absolute Gasteiger partial charge is 0.358 e. The van der Waals surface area contributed by atoms with Crippen LogP contribution in [0.15, 0.2) is 30.3 Å². The van der Waals surface area contributed by atoms with Crippen molar-refractivity contribution in [2.24, 2.45) is 0 Å². The smallest absolute Gasteiger partial charge is 0.136 e. The second-order valence-corrected chi connectivity index (χ2v) is 6.11. The minimum absolute atomic E-state index is 0.453. The molecule has 1 atom stereocenters. The molecule has 1 unspecified atom stereocenters. The van der Waals surface area contributed by atoms with Gasteiger partial charge in [-0.25, -0.2) is 0 Å². The van der Waals surface area contributed by atoms with Gasteiger partial charge in [0.1, 0.15) is 4.32 Å². The van der Waals surface area contributed by atoms with Gasteiger partial charge in [-0.15, -0.1) is 0 Å². The highest BCUT2D eigenvalue weighted by Crippen LogP contribution is 2.31. The third-order valence-electron chi connectivity index (χ3n) is 2.91. The van der Waals surface area contributed by atoms with Crippen molar-refractivity contribution in [3.8, 4) is 0 Å². The molecule has 86 valence electrons. The molecule has 1 fully saturated rings. The molecular formula is C13H17NS2. The first kappa shape index (κ1) is 11.9. The van der Waals surface area contributed by atoms with Crippen LogP contribution in [-0.4, -0.2) is 22.3 Å². The van der Waals surface area contributed by atoms with Crippen LogP contribution in [-0.2, 0) is 0 Å². The van der Waals surface area contributed by atoms with E-state index in [0.717, 1.165) is 17.4 Å². The average molecular weight is 251 g/mol. The number of thiocarbonyl (C=S) groups is 1. The molecule has 0 N–H and O–H groups in total. The van der Waals surface area contributed by atoms with Crippen LogP contribution in [0.25, 0.3) is 0 Å². The summed E-state index contributed by atoms with van der Waals surface area (Å²) >= 11 is 7.29. The zero-order valence-electron chi connectivity index (χ0n) is 9.56. The Morgan fingerprint density at radius 2 is 1.88 bits per heavy atom. The lowest BCUT2D eigenvalue weighted by atomic mass is 10.2. The first-order valence-corrected chi connectivity index (χ1v) is 7.06. The van der Waals surface area contributed by atoms with Gasteiger partial charge in [-0.3, -0.25) is 0 Å². The molecule has 1 nitrogen and oxygen atoms in total. The van der Waals surface area contributed by atoms with E-state index in [0.29, 0.717) is 5.25 Å². The maximum absolute atomic E-state index is 5.48. The Bertz CT molecular complexity index is 344. The predicted octanol–water partition coefficient (Wildman–Crippen LogP) is 3.86. The minimum Gasteiger partial charge on any atom is -0.358 e. The summed E-state index contributed by atoms with van der Waals surface area (Å²) in [6, 6.07) is 10.6. The number of likely N-dealkylation sites (tertiary alicyclic amines) is 1. The van der Waals surface area contributed by atoms with Crippen molar-refractivity contribution in [3.63, 3.8) is 0 Å². The number of hydrogen-bond acceptors (Lipinski definition) is 2. The van der Waals surface area contributed by atoms with Gasteiger partial charge in [0.05, 0.1) is 0 Å². The Morgan fingerprint density at radius 3 is 2.50 bits per heavy atom. The van der Waals surface area contributed by atoms with E-state index >= 15 is 0 Å². The van der Waals surface area contributed by atoms with Crippen molar-refractivity contribution in [3.05, 3.63) is 35.9 Å². The molecule has 0 radical (unpaired) electrons. The summed E-state index contributed by atoms with van der Waals surface area (Å²) in [7, 11) is 0. The van der Waals surface area contributed by atoms with Crippen LogP contribution in [0.1, 0.15) is 30.6 Å². The lowest BCUT2D eigenvalue weighted by Crippen LogP contribution is -2.23. The van der Waals surface area contributed by atoms with Gasteiger partial charge in [-0.05, 0) is 25.3 Å². The summed E-state index contributed by atoms with van der Waals surface area (Å²) in [5.41, 5.74) is 1.36. The minimum atomic E-state index is 0.453. The fourth-order valence-electron chi connectivity index (χ4n) is 1.92. The Hall–Kier alpha value is -0.540. The maximum atomic E-state index is 5.48. The van der Waals surface area contributed by atoms with Crippen molar-refractivity contribution >= 4 is 28.3 Å². The zero-order chi connectivity index (χ0) is 11.4. The SMILES string of the molecule is CC(SC(=S)N1CCCC1)c1ccccc1. The first-order chi connectivity index (χ1) is 7.77. The average Bonchev–Trinajstić information content (AvgIpc) is 2.83. The molecule has 1 saturated heterocycles. The van der Waals surface area contributed by atoms with Crippen LogP contribution in [0.3, 0.4) is 0 Å². The highest BCUT2D eigenvalue weighted by Gasteiger charge is 2.17. The quantitative estimate of drug-likeness (QED) is 0.735. The normalized spacial score (nSPS) is 17.4. The lowest BCUT2D eigenvalue weighted by Gasteiger charge is -2.20. The van der Waals surface area contributed by atoms with Crippen LogP contribution >= 0.6 is 24.0 Å². The standard InChI is InChI=1S/C13H17NS2/c1-11(12-7-3-2-4-8-12)16-13(15)14-9-5-6-10-14/h2-4,7-8,11H,5-6,9-10H2,1H3. The van der Waals surface area contributed by atoms with E-state index in [1.807, 2.05) is 11.8 Å². The van der Waals surface area contributed by atoms with Crippen LogP contribution in [0.5, 0.6) is 0 Å². The fourth-order valence-corrected chi connectivity index (χ4v) is 3.46. The molecule has 1 aromatic rings. The maximum Gasteiger partial charge on any atom is 0.136 e. The van der Waals surface area contributed by atoms with Gasteiger partial charge in [0, 0.05) is 18.3 Å². The molecule has 0 aliphatic carbocycles. The summed E-state index contributed by atoms with van der Waals surface area (Å²) in [6.45, 7) is 4.52. The van der Waals surface area contributed by atoms with E-state index in [-0.39, 0.29) is 0 Å². The van der Waals surface area contributed by atoms with Crippen molar-refractivity contribution < 1.29 is 0 Å². The molecule has 0 saturated carbocycles. The van der Waals surface area contributed by atoms with E-state index < -0.39 is 0 Å². The monoisotopic (exact) mass is 251 g/mol. The van der Waals surface area contributed by atoms with Gasteiger partial charge >= 0.3 is 0 Å². The van der Waals surface area contributed by atoms with Gasteiger partial charge in [0.25, 0.3) is 0 Å². The Morgan fingerprint density at radius 1 is 1.25 bits per heavy atom. The summed E-state index contributed by atoms with van der Waals surface area (Å²) in [6.07, 6.45) is 2.58. The molecule has 0 aromatic heterocycles. The molecule has 1 heterocycles. The number of rotatable bonds is 2. The highest BCUT2D eigenvalue weighted by molar-refractivity contribution is 8.23. The summed E-state index contributed by atoms with van der Waals surface area (Å²) < 4.78 is 1.06. The summed E-state index contributed by atoms with van der Waals surface area (Å²) in [5, 5.41) is 0.453. The first-order valence-electron chi connectivity index (χ1n) is 5.78. The molecule has 2 rings (SSSR count). The zero-order valence-corrected chi connectivity index (χ0v) is 11.2. The van der Waals surface area contributed by atoms with Gasteiger partial charge in [0.2, 0.25) is 0 Å². The summed E-state index contributed by atoms with van der Waals surface area (Å²) in [4.78, 5) is 2.33. The van der Waals surface area contributed by atoms with E-state index in [1.54, 1.807) is 0 Å². The Kier molecular flexibility index (Phi) is 4.24. The van der Waals surface area contributed by atoms with Crippen molar-refractivity contribution in [1.82, 2.24) is 4.90 Å². The third-order valence-corrected chi connectivity index (χ3v) is 4.54. The second kappa shape index (κ2) is 5.69. The Balaban J connectivity index is 1.92. The molecule has 3 heteroatoms. The lowest BCUT2D eigenvalue weighted by molar-refractivity contribution is 0.539. The van der Waals surface area contributed by atoms with Crippen molar-refractivity contribution in [2.75, 3.05) is 13.1 Å². The van der Waals surface area contributed by atoms with Gasteiger partial charge in [-0.2, -0.15) is 0 Å². The second-order valence-electron chi connectivity index (χ2n) is 4.13. The van der Waals surface area contributed by atoms with Crippen molar-refractivity contribution in [1.29, 1.82) is 0 Å². The molecule has 1 aliphatic rings. The van der Waals surface area contributed by atoms with Crippen LogP contribution in [0, 0.1) is 0 Å². The third kappa shape index (κ3) is 2.98. The molecule has 0 bridgehead atoms. The number of hydrogen-bond donors (Lipinski definition) is 0. The van der Waals surface area contributed by atoms with Crippen LogP contribution in [0.2, 0.25) is 0 Å². The topological polar surface area (TPSA) is 3.24 Å². The summed E-state index contributed by atoms with van der Waals surface area (Å²) in [5.74, 6) is 0. The predicted molar refractivity (Wildman–Crippen MR) is 75.9 cm³/mol. The molecule has 0 spiro atoms. The molecule has 16 heavy (non-hydrogen) atoms. The Labute approximate surface area is 107 Å². The fraction of sp³-hybridized carbons (Fsp3) is 0.462. The van der Waals surface area contributed by atoms with Gasteiger partial charge in [-0.1, -0.05) is 54.3 Å². The molecule has 1 aliphatic heterocycles. The molecular weight excluding hydrogens is 234 g/mol. The number of nitrogens with zero attached hydrogens (tertiary/aromatic N) is 1. The van der Waals surface area contributed by atoms with E-state index in [1.165, 1.54) is 18.4 Å². The van der Waals surface area contributed by atoms with Crippen LogP contribution in [0.4, 0.5) is 0 Å². The van der Waals surface area contributed by atoms with E-state index in [4.69, 9.17) is 12.2 Å². The van der Waals surface area contributed by atoms with E-state index in [9.17, 15) is 0 Å². The number of thioether (sulfide) groups is 1. The molecule has 0 amide bonds. The van der Waals surface area contributed by atoms with Crippen LogP contribution < -0.4 is 0 Å². The van der Waals surface area contributed by atoms with E-state index in [2.05, 4.69) is 42.2 Å². The van der Waals surface area contributed by atoms with Gasteiger partial charge in [0.15, 0.2) is 0 Å². The highest BCUT2D eigenvalue weighted by atomic mass is 32.2. The van der Waals surface area contributed by atoms with Gasteiger partial charge < -0.3 is 4.90 Å². The molecule has 1 aromatic carbocycles. The number of benzene rings is 1. The van der Waals surface area contributed by atoms with Crippen molar-refractivity contribution in [2.45, 2.75) is 25.0 Å².